The third-order valence-electron chi connectivity index (χ3n) is 3.17. The van der Waals surface area contributed by atoms with Crippen LogP contribution in [0.4, 0.5) is 0 Å². The van der Waals surface area contributed by atoms with E-state index >= 15 is 0 Å². The number of aromatic nitrogens is 1. The van der Waals surface area contributed by atoms with Crippen molar-refractivity contribution in [2.45, 2.75) is 19.5 Å². The molecule has 18 heavy (non-hydrogen) atoms. The highest BCUT2D eigenvalue weighted by molar-refractivity contribution is 7.80. The Morgan fingerprint density at radius 1 is 1.44 bits per heavy atom. The van der Waals surface area contributed by atoms with E-state index in [1.165, 1.54) is 5.56 Å². The third-order valence-corrected chi connectivity index (χ3v) is 3.51. The number of nitrogens with two attached hydrogens (primary N) is 1. The van der Waals surface area contributed by atoms with Gasteiger partial charge in [-0.05, 0) is 37.7 Å². The highest BCUT2D eigenvalue weighted by atomic mass is 32.1. The van der Waals surface area contributed by atoms with E-state index < -0.39 is 0 Å². The molecule has 0 aliphatic carbocycles. The molecule has 0 amide bonds. The van der Waals surface area contributed by atoms with Crippen molar-refractivity contribution in [1.82, 2.24) is 9.88 Å². The molecular weight excluding hydrogens is 242 g/mol. The van der Waals surface area contributed by atoms with Crippen LogP contribution in [-0.2, 0) is 6.54 Å². The number of pyridine rings is 1. The molecule has 2 aromatic rings. The topological polar surface area (TPSA) is 42.1 Å². The molecular formula is C14H17N3S. The first-order chi connectivity index (χ1) is 8.58. The van der Waals surface area contributed by atoms with Crippen LogP contribution in [0.25, 0.3) is 10.9 Å². The van der Waals surface area contributed by atoms with Crippen LogP contribution in [-0.4, -0.2) is 28.0 Å². The molecule has 0 radical (unpaired) electrons. The van der Waals surface area contributed by atoms with Crippen molar-refractivity contribution >= 4 is 28.1 Å². The fourth-order valence-corrected chi connectivity index (χ4v) is 2.05. The van der Waals surface area contributed by atoms with Crippen molar-refractivity contribution in [3.05, 3.63) is 42.1 Å². The number of benzene rings is 1. The minimum absolute atomic E-state index is 0.101. The van der Waals surface area contributed by atoms with Gasteiger partial charge >= 0.3 is 0 Å². The second kappa shape index (κ2) is 5.42. The summed E-state index contributed by atoms with van der Waals surface area (Å²) in [5, 5.41) is 1.16. The molecule has 1 unspecified atom stereocenters. The number of nitrogens with zero attached hydrogens (tertiary/aromatic N) is 2. The van der Waals surface area contributed by atoms with Crippen LogP contribution in [0.2, 0.25) is 0 Å². The van der Waals surface area contributed by atoms with Gasteiger partial charge in [0.15, 0.2) is 0 Å². The molecule has 0 saturated heterocycles. The second-order valence-corrected chi connectivity index (χ2v) is 5.00. The van der Waals surface area contributed by atoms with Gasteiger partial charge in [0.2, 0.25) is 0 Å². The Morgan fingerprint density at radius 3 is 2.94 bits per heavy atom. The van der Waals surface area contributed by atoms with Crippen molar-refractivity contribution in [1.29, 1.82) is 0 Å². The van der Waals surface area contributed by atoms with Gasteiger partial charge in [0, 0.05) is 18.1 Å². The molecule has 0 aliphatic rings. The maximum Gasteiger partial charge on any atom is 0.0899 e. The van der Waals surface area contributed by atoms with Gasteiger partial charge in [-0.15, -0.1) is 0 Å². The van der Waals surface area contributed by atoms with Crippen molar-refractivity contribution in [3.8, 4) is 0 Å². The lowest BCUT2D eigenvalue weighted by Crippen LogP contribution is -2.38. The molecule has 1 aromatic heterocycles. The van der Waals surface area contributed by atoms with Crippen LogP contribution in [0.15, 0.2) is 36.5 Å². The predicted octanol–water partition coefficient (Wildman–Crippen LogP) is 2.34. The molecule has 1 atom stereocenters. The minimum Gasteiger partial charge on any atom is -0.392 e. The van der Waals surface area contributed by atoms with E-state index in [1.807, 2.05) is 32.3 Å². The van der Waals surface area contributed by atoms with E-state index in [0.29, 0.717) is 4.99 Å². The van der Waals surface area contributed by atoms with Gasteiger partial charge in [-0.3, -0.25) is 9.88 Å². The van der Waals surface area contributed by atoms with E-state index in [-0.39, 0.29) is 6.04 Å². The van der Waals surface area contributed by atoms with Crippen LogP contribution in [0.3, 0.4) is 0 Å². The van der Waals surface area contributed by atoms with E-state index in [2.05, 4.69) is 28.1 Å². The van der Waals surface area contributed by atoms with Crippen LogP contribution in [0, 0.1) is 0 Å². The van der Waals surface area contributed by atoms with E-state index in [9.17, 15) is 0 Å². The Labute approximate surface area is 113 Å². The Kier molecular flexibility index (Phi) is 3.89. The van der Waals surface area contributed by atoms with Gasteiger partial charge < -0.3 is 5.73 Å². The van der Waals surface area contributed by atoms with E-state index in [1.54, 1.807) is 0 Å². The summed E-state index contributed by atoms with van der Waals surface area (Å²) in [6.45, 7) is 2.84. The average molecular weight is 259 g/mol. The van der Waals surface area contributed by atoms with E-state index in [4.69, 9.17) is 18.0 Å². The van der Waals surface area contributed by atoms with Crippen LogP contribution >= 0.6 is 12.2 Å². The maximum absolute atomic E-state index is 5.66. The molecule has 1 heterocycles. The maximum atomic E-state index is 5.66. The van der Waals surface area contributed by atoms with Gasteiger partial charge in [0.05, 0.1) is 16.5 Å². The van der Waals surface area contributed by atoms with Gasteiger partial charge in [0.1, 0.15) is 0 Å². The zero-order valence-corrected chi connectivity index (χ0v) is 11.4. The highest BCUT2D eigenvalue weighted by Crippen LogP contribution is 2.15. The Bertz CT molecular complexity index is 568. The average Bonchev–Trinajstić information content (AvgIpc) is 2.37. The quantitative estimate of drug-likeness (QED) is 0.856. The Balaban J connectivity index is 2.19. The first-order valence-electron chi connectivity index (χ1n) is 5.91. The lowest BCUT2D eigenvalue weighted by Gasteiger charge is -2.23. The monoisotopic (exact) mass is 259 g/mol. The van der Waals surface area contributed by atoms with Crippen molar-refractivity contribution in [3.63, 3.8) is 0 Å². The Morgan fingerprint density at radius 2 is 2.22 bits per heavy atom. The fourth-order valence-electron chi connectivity index (χ4n) is 1.87. The zero-order chi connectivity index (χ0) is 13.1. The lowest BCUT2D eigenvalue weighted by atomic mass is 10.1. The van der Waals surface area contributed by atoms with Crippen LogP contribution < -0.4 is 5.73 Å². The van der Waals surface area contributed by atoms with Crippen molar-refractivity contribution < 1.29 is 0 Å². The normalized spacial score (nSPS) is 12.8. The predicted molar refractivity (Wildman–Crippen MR) is 79.5 cm³/mol. The summed E-state index contributed by atoms with van der Waals surface area (Å²) in [6, 6.07) is 10.4. The SMILES string of the molecule is CC(C(N)=S)N(C)Cc1ccc2ncccc2c1. The minimum atomic E-state index is 0.101. The Hall–Kier alpha value is -1.52. The first kappa shape index (κ1) is 12.9. The summed E-state index contributed by atoms with van der Waals surface area (Å²) in [5.74, 6) is 0. The zero-order valence-electron chi connectivity index (χ0n) is 10.6. The summed E-state index contributed by atoms with van der Waals surface area (Å²) < 4.78 is 0. The van der Waals surface area contributed by atoms with Crippen LogP contribution in [0.1, 0.15) is 12.5 Å². The van der Waals surface area contributed by atoms with Crippen molar-refractivity contribution in [2.75, 3.05) is 7.05 Å². The van der Waals surface area contributed by atoms with Crippen LogP contribution in [0.5, 0.6) is 0 Å². The number of hydrogen-bond acceptors (Lipinski definition) is 3. The van der Waals surface area contributed by atoms with Crippen molar-refractivity contribution in [2.24, 2.45) is 5.73 Å². The van der Waals surface area contributed by atoms with Gasteiger partial charge in [-0.1, -0.05) is 24.4 Å². The number of hydrogen-bond donors (Lipinski definition) is 1. The van der Waals surface area contributed by atoms with Gasteiger partial charge in [-0.25, -0.2) is 0 Å². The molecule has 94 valence electrons. The molecule has 2 rings (SSSR count). The molecule has 0 fully saturated rings. The van der Waals surface area contributed by atoms with E-state index in [0.717, 1.165) is 17.4 Å². The molecule has 0 bridgehead atoms. The smallest absolute Gasteiger partial charge is 0.0899 e. The largest absolute Gasteiger partial charge is 0.392 e. The molecule has 0 aliphatic heterocycles. The molecule has 1 aromatic carbocycles. The summed E-state index contributed by atoms with van der Waals surface area (Å²) in [5.41, 5.74) is 7.92. The number of fused-ring (bicyclic) bond motifs is 1. The molecule has 0 spiro atoms. The third kappa shape index (κ3) is 2.83. The second-order valence-electron chi connectivity index (χ2n) is 4.52. The first-order valence-corrected chi connectivity index (χ1v) is 6.32. The molecule has 3 nitrogen and oxygen atoms in total. The lowest BCUT2D eigenvalue weighted by molar-refractivity contribution is 0.304. The standard InChI is InChI=1S/C14H17N3S/c1-10(14(15)18)17(2)9-11-5-6-13-12(8-11)4-3-7-16-13/h3-8,10H,9H2,1-2H3,(H2,15,18). The molecule has 0 saturated carbocycles. The summed E-state index contributed by atoms with van der Waals surface area (Å²) in [4.78, 5) is 6.98. The highest BCUT2D eigenvalue weighted by Gasteiger charge is 2.12. The number of rotatable bonds is 4. The molecule has 4 heteroatoms. The number of thiocarbonyl (C=S) groups is 1. The summed E-state index contributed by atoms with van der Waals surface area (Å²) >= 11 is 5.01. The fraction of sp³-hybridized carbons (Fsp3) is 0.286. The summed E-state index contributed by atoms with van der Waals surface area (Å²) in [7, 11) is 2.03. The summed E-state index contributed by atoms with van der Waals surface area (Å²) in [6.07, 6.45) is 1.81. The number of likely N-dealkylation sites (N-methyl/N-ethyl adjacent to an activating group) is 1. The molecule has 2 N–H and O–H groups in total. The van der Waals surface area contributed by atoms with Gasteiger partial charge in [-0.2, -0.15) is 0 Å². The van der Waals surface area contributed by atoms with Gasteiger partial charge in [0.25, 0.3) is 0 Å².